The van der Waals surface area contributed by atoms with Crippen LogP contribution in [-0.2, 0) is 10.2 Å². The van der Waals surface area contributed by atoms with Crippen molar-refractivity contribution in [1.29, 1.82) is 5.26 Å². The number of ether oxygens (including phenoxy) is 1. The molecular formula is C22H22N4O2. The molecule has 0 saturated heterocycles. The molecule has 1 aliphatic rings. The van der Waals surface area contributed by atoms with E-state index in [4.69, 9.17) is 10.00 Å². The average Bonchev–Trinajstić information content (AvgIpc) is 2.90. The maximum Gasteiger partial charge on any atom is 0.277 e. The van der Waals surface area contributed by atoms with Gasteiger partial charge in [0.25, 0.3) is 5.91 Å². The lowest BCUT2D eigenvalue weighted by molar-refractivity contribution is -0.123. The maximum absolute atomic E-state index is 11.9. The van der Waals surface area contributed by atoms with Gasteiger partial charge in [0.1, 0.15) is 5.75 Å². The number of anilines is 1. The number of amides is 1. The predicted molar refractivity (Wildman–Crippen MR) is 109 cm³/mol. The number of hydrazone groups is 1. The Bertz CT molecular complexity index is 969. The first-order valence-electron chi connectivity index (χ1n) is 8.92. The van der Waals surface area contributed by atoms with E-state index in [-0.39, 0.29) is 17.9 Å². The fourth-order valence-corrected chi connectivity index (χ4v) is 3.33. The summed E-state index contributed by atoms with van der Waals surface area (Å²) in [6, 6.07) is 16.9. The van der Waals surface area contributed by atoms with E-state index in [0.717, 1.165) is 5.70 Å². The molecule has 0 aliphatic carbocycles. The zero-order chi connectivity index (χ0) is 20.1. The SMILES string of the molecule is CN1/C(=C\C=N/NC(=O)COc2ccc(C#N)cc2)C(C)(C)c2ccccc21. The highest BCUT2D eigenvalue weighted by atomic mass is 16.5. The third kappa shape index (κ3) is 3.89. The first-order valence-corrected chi connectivity index (χ1v) is 8.92. The molecule has 0 bridgehead atoms. The smallest absolute Gasteiger partial charge is 0.277 e. The number of hydrogen-bond donors (Lipinski definition) is 1. The second kappa shape index (κ2) is 7.97. The van der Waals surface area contributed by atoms with Crippen LogP contribution >= 0.6 is 0 Å². The molecule has 6 heteroatoms. The number of para-hydroxylation sites is 1. The first kappa shape index (κ1) is 19.2. The third-order valence-corrected chi connectivity index (χ3v) is 4.79. The summed E-state index contributed by atoms with van der Waals surface area (Å²) in [4.78, 5) is 14.0. The highest BCUT2D eigenvalue weighted by Crippen LogP contribution is 2.46. The van der Waals surface area contributed by atoms with E-state index in [9.17, 15) is 4.79 Å². The van der Waals surface area contributed by atoms with Gasteiger partial charge in [-0.25, -0.2) is 5.43 Å². The molecule has 0 saturated carbocycles. The Hall–Kier alpha value is -3.59. The molecule has 1 heterocycles. The van der Waals surface area contributed by atoms with Crippen LogP contribution in [0.5, 0.6) is 5.75 Å². The van der Waals surface area contributed by atoms with Crippen molar-refractivity contribution in [3.8, 4) is 11.8 Å². The van der Waals surface area contributed by atoms with Crippen molar-refractivity contribution in [2.45, 2.75) is 19.3 Å². The van der Waals surface area contributed by atoms with Gasteiger partial charge in [0.2, 0.25) is 0 Å². The number of hydrogen-bond acceptors (Lipinski definition) is 5. The van der Waals surface area contributed by atoms with Crippen molar-refractivity contribution in [3.05, 3.63) is 71.4 Å². The van der Waals surface area contributed by atoms with Crippen molar-refractivity contribution < 1.29 is 9.53 Å². The summed E-state index contributed by atoms with van der Waals surface area (Å²) < 4.78 is 5.37. The van der Waals surface area contributed by atoms with Gasteiger partial charge >= 0.3 is 0 Å². The van der Waals surface area contributed by atoms with E-state index >= 15 is 0 Å². The van der Waals surface area contributed by atoms with Crippen molar-refractivity contribution in [1.82, 2.24) is 5.43 Å². The first-order chi connectivity index (χ1) is 13.4. The van der Waals surface area contributed by atoms with Crippen LogP contribution in [0.15, 0.2) is 65.4 Å². The van der Waals surface area contributed by atoms with E-state index < -0.39 is 0 Å². The lowest BCUT2D eigenvalue weighted by Gasteiger charge is -2.23. The highest BCUT2D eigenvalue weighted by molar-refractivity contribution is 5.82. The molecule has 6 nitrogen and oxygen atoms in total. The van der Waals surface area contributed by atoms with Crippen molar-refractivity contribution in [3.63, 3.8) is 0 Å². The average molecular weight is 374 g/mol. The molecule has 0 spiro atoms. The van der Waals surface area contributed by atoms with Crippen LogP contribution in [-0.4, -0.2) is 25.8 Å². The van der Waals surface area contributed by atoms with Gasteiger partial charge in [-0.3, -0.25) is 4.79 Å². The standard InChI is InChI=1S/C22H22N4O2/c1-22(2)18-6-4-5-7-19(18)26(3)20(22)12-13-24-25-21(27)15-28-17-10-8-16(14-23)9-11-17/h4-13H,15H2,1-3H3,(H,25,27)/b20-12-,24-13-. The molecule has 2 aromatic carbocycles. The molecule has 0 atom stereocenters. The number of likely N-dealkylation sites (N-methyl/N-ethyl adjacent to an activating group) is 1. The van der Waals surface area contributed by atoms with Crippen molar-refractivity contribution in [2.24, 2.45) is 5.10 Å². The molecule has 0 aromatic heterocycles. The van der Waals surface area contributed by atoms with Gasteiger partial charge in [-0.15, -0.1) is 0 Å². The van der Waals surface area contributed by atoms with Gasteiger partial charge in [0, 0.05) is 30.1 Å². The maximum atomic E-state index is 11.9. The summed E-state index contributed by atoms with van der Waals surface area (Å²) in [5, 5.41) is 12.8. The number of nitrogens with one attached hydrogen (secondary N) is 1. The zero-order valence-electron chi connectivity index (χ0n) is 16.1. The molecule has 1 amide bonds. The van der Waals surface area contributed by atoms with Gasteiger partial charge in [0.05, 0.1) is 11.6 Å². The third-order valence-electron chi connectivity index (χ3n) is 4.79. The number of fused-ring (bicyclic) bond motifs is 1. The van der Waals surface area contributed by atoms with Gasteiger partial charge in [-0.05, 0) is 42.0 Å². The largest absolute Gasteiger partial charge is 0.484 e. The topological polar surface area (TPSA) is 77.7 Å². The molecule has 2 aromatic rings. The summed E-state index contributed by atoms with van der Waals surface area (Å²) >= 11 is 0. The molecule has 3 rings (SSSR count). The number of carbonyl (C=O) groups is 1. The lowest BCUT2D eigenvalue weighted by Crippen LogP contribution is -2.25. The lowest BCUT2D eigenvalue weighted by atomic mass is 9.84. The van der Waals surface area contributed by atoms with Crippen LogP contribution in [0.25, 0.3) is 0 Å². The van der Waals surface area contributed by atoms with E-state index in [1.54, 1.807) is 30.5 Å². The Morgan fingerprint density at radius 3 is 2.64 bits per heavy atom. The molecule has 1 aliphatic heterocycles. The van der Waals surface area contributed by atoms with E-state index in [2.05, 4.69) is 41.4 Å². The van der Waals surface area contributed by atoms with Gasteiger partial charge in [-0.2, -0.15) is 10.4 Å². The summed E-state index contributed by atoms with van der Waals surface area (Å²) in [6.07, 6.45) is 3.49. The minimum Gasteiger partial charge on any atom is -0.484 e. The minimum atomic E-state index is -0.360. The van der Waals surface area contributed by atoms with Crippen LogP contribution in [0.3, 0.4) is 0 Å². The zero-order valence-corrected chi connectivity index (χ0v) is 16.1. The number of nitriles is 1. The monoisotopic (exact) mass is 374 g/mol. The fraction of sp³-hybridized carbons (Fsp3) is 0.227. The Morgan fingerprint density at radius 2 is 1.96 bits per heavy atom. The second-order valence-corrected chi connectivity index (χ2v) is 6.99. The van der Waals surface area contributed by atoms with Crippen molar-refractivity contribution in [2.75, 3.05) is 18.6 Å². The van der Waals surface area contributed by atoms with Crippen LogP contribution < -0.4 is 15.1 Å². The van der Waals surface area contributed by atoms with Crippen LogP contribution in [0.1, 0.15) is 25.0 Å². The van der Waals surface area contributed by atoms with Crippen LogP contribution in [0.2, 0.25) is 0 Å². The van der Waals surface area contributed by atoms with Gasteiger partial charge in [-0.1, -0.05) is 32.0 Å². The molecule has 0 fully saturated rings. The molecule has 0 radical (unpaired) electrons. The summed E-state index contributed by atoms with van der Waals surface area (Å²) in [5.74, 6) is 0.161. The van der Waals surface area contributed by atoms with Crippen LogP contribution in [0, 0.1) is 11.3 Å². The van der Waals surface area contributed by atoms with Gasteiger partial charge < -0.3 is 9.64 Å². The quantitative estimate of drug-likeness (QED) is 0.643. The van der Waals surface area contributed by atoms with E-state index in [1.165, 1.54) is 11.3 Å². The Morgan fingerprint density at radius 1 is 1.25 bits per heavy atom. The molecule has 0 unspecified atom stereocenters. The molecular weight excluding hydrogens is 352 g/mol. The molecule has 1 N–H and O–H groups in total. The van der Waals surface area contributed by atoms with E-state index in [1.807, 2.05) is 31.3 Å². The number of nitrogens with zero attached hydrogens (tertiary/aromatic N) is 3. The fourth-order valence-electron chi connectivity index (χ4n) is 3.33. The summed E-state index contributed by atoms with van der Waals surface area (Å²) in [6.45, 7) is 4.18. The normalized spacial score (nSPS) is 16.1. The highest BCUT2D eigenvalue weighted by Gasteiger charge is 2.37. The molecule has 142 valence electrons. The summed E-state index contributed by atoms with van der Waals surface area (Å²) in [7, 11) is 2.03. The second-order valence-electron chi connectivity index (χ2n) is 6.99. The van der Waals surface area contributed by atoms with E-state index in [0.29, 0.717) is 11.3 Å². The van der Waals surface area contributed by atoms with Gasteiger partial charge in [0.15, 0.2) is 6.61 Å². The number of carbonyl (C=O) groups excluding carboxylic acids is 1. The predicted octanol–water partition coefficient (Wildman–Crippen LogP) is 3.35. The molecule has 28 heavy (non-hydrogen) atoms. The number of allylic oxidation sites excluding steroid dienone is 2. The Labute approximate surface area is 164 Å². The van der Waals surface area contributed by atoms with Crippen LogP contribution in [0.4, 0.5) is 5.69 Å². The number of rotatable bonds is 5. The number of benzene rings is 2. The Kier molecular flexibility index (Phi) is 5.46. The van der Waals surface area contributed by atoms with Crippen molar-refractivity contribution >= 4 is 17.8 Å². The minimum absolute atomic E-state index is 0.139. The summed E-state index contributed by atoms with van der Waals surface area (Å²) in [5.41, 5.74) is 6.38. The Balaban J connectivity index is 1.56.